The number of fused-ring (bicyclic) bond motifs is 1. The number of nitrogens with zero attached hydrogens (tertiary/aromatic N) is 2. The fourth-order valence-electron chi connectivity index (χ4n) is 2.36. The van der Waals surface area contributed by atoms with E-state index in [1.165, 1.54) is 6.20 Å². The molecule has 0 aliphatic carbocycles. The van der Waals surface area contributed by atoms with Gasteiger partial charge in [0.25, 0.3) is 0 Å². The molecule has 0 fully saturated rings. The zero-order valence-corrected chi connectivity index (χ0v) is 14.3. The third-order valence-corrected chi connectivity index (χ3v) is 3.88. The van der Waals surface area contributed by atoms with Gasteiger partial charge in [-0.25, -0.2) is 14.6 Å². The second-order valence-electron chi connectivity index (χ2n) is 5.49. The fourth-order valence-corrected chi connectivity index (χ4v) is 2.49. The SMILES string of the molecule is C[C@@H](NC(=O)Nc1cc2[nH]nc(NC(=O)O)c2cn1)c1ccc(Cl)cc1. The molecular weight excluding hydrogens is 360 g/mol. The summed E-state index contributed by atoms with van der Waals surface area (Å²) in [6, 6.07) is 8.07. The Morgan fingerprint density at radius 1 is 1.23 bits per heavy atom. The standard InChI is InChI=1S/C16H15ClN6O3/c1-8(9-2-4-10(17)5-3-9)19-15(24)20-13-6-12-11(7-18-13)14(23-22-12)21-16(25)26/h2-8H,1H3,(H,25,26)(H2,21,22,23)(H2,18,19,20,24)/t8-/m1/s1. The molecule has 10 heteroatoms. The largest absolute Gasteiger partial charge is 0.465 e. The molecule has 0 unspecified atom stereocenters. The van der Waals surface area contributed by atoms with Gasteiger partial charge in [0.15, 0.2) is 5.82 Å². The highest BCUT2D eigenvalue weighted by atomic mass is 35.5. The second-order valence-corrected chi connectivity index (χ2v) is 5.93. The van der Waals surface area contributed by atoms with Crippen molar-refractivity contribution in [3.8, 4) is 0 Å². The van der Waals surface area contributed by atoms with Gasteiger partial charge in [-0.15, -0.1) is 0 Å². The number of urea groups is 1. The maximum atomic E-state index is 12.1. The number of carboxylic acid groups (broad SMARTS) is 1. The van der Waals surface area contributed by atoms with Crippen LogP contribution < -0.4 is 16.0 Å². The van der Waals surface area contributed by atoms with Gasteiger partial charge < -0.3 is 10.4 Å². The maximum absolute atomic E-state index is 12.1. The van der Waals surface area contributed by atoms with E-state index >= 15 is 0 Å². The number of halogens is 1. The third kappa shape index (κ3) is 4.01. The van der Waals surface area contributed by atoms with Crippen molar-refractivity contribution in [2.24, 2.45) is 0 Å². The van der Waals surface area contributed by atoms with Crippen LogP contribution in [0.15, 0.2) is 36.5 Å². The smallest absolute Gasteiger partial charge is 0.410 e. The van der Waals surface area contributed by atoms with Gasteiger partial charge in [-0.05, 0) is 24.6 Å². The average Bonchev–Trinajstić information content (AvgIpc) is 2.96. The molecule has 3 aromatic rings. The van der Waals surface area contributed by atoms with Crippen molar-refractivity contribution < 1.29 is 14.7 Å². The van der Waals surface area contributed by atoms with Crippen molar-refractivity contribution in [1.82, 2.24) is 20.5 Å². The minimum atomic E-state index is -1.23. The average molecular weight is 375 g/mol. The lowest BCUT2D eigenvalue weighted by Crippen LogP contribution is -2.31. The Labute approximate surface area is 152 Å². The monoisotopic (exact) mass is 374 g/mol. The van der Waals surface area contributed by atoms with E-state index in [2.05, 4.69) is 31.1 Å². The van der Waals surface area contributed by atoms with Crippen molar-refractivity contribution in [2.45, 2.75) is 13.0 Å². The number of nitrogens with one attached hydrogen (secondary N) is 4. The normalized spacial score (nSPS) is 11.8. The Hall–Kier alpha value is -3.33. The highest BCUT2D eigenvalue weighted by molar-refractivity contribution is 6.30. The first-order valence-electron chi connectivity index (χ1n) is 7.59. The molecule has 5 N–H and O–H groups in total. The number of aromatic nitrogens is 3. The first-order valence-corrected chi connectivity index (χ1v) is 7.97. The van der Waals surface area contributed by atoms with Crippen molar-refractivity contribution >= 4 is 46.3 Å². The molecular formula is C16H15ClN6O3. The van der Waals surface area contributed by atoms with Crippen LogP contribution in [0.2, 0.25) is 5.02 Å². The summed E-state index contributed by atoms with van der Waals surface area (Å²) in [5, 5.41) is 24.0. The Morgan fingerprint density at radius 3 is 2.65 bits per heavy atom. The second kappa shape index (κ2) is 7.28. The number of H-pyrrole nitrogens is 1. The Morgan fingerprint density at radius 2 is 1.96 bits per heavy atom. The molecule has 134 valence electrons. The summed E-state index contributed by atoms with van der Waals surface area (Å²) >= 11 is 5.85. The molecule has 0 spiro atoms. The Balaban J connectivity index is 1.67. The number of aromatic amines is 1. The van der Waals surface area contributed by atoms with Crippen LogP contribution in [0.5, 0.6) is 0 Å². The number of rotatable bonds is 4. The molecule has 0 saturated heterocycles. The Bertz CT molecular complexity index is 956. The molecule has 0 bridgehead atoms. The van der Waals surface area contributed by atoms with E-state index in [0.29, 0.717) is 21.7 Å². The lowest BCUT2D eigenvalue weighted by Gasteiger charge is -2.15. The summed E-state index contributed by atoms with van der Waals surface area (Å²) in [5.41, 5.74) is 1.44. The lowest BCUT2D eigenvalue weighted by molar-refractivity contribution is 0.209. The number of benzene rings is 1. The van der Waals surface area contributed by atoms with Crippen molar-refractivity contribution in [1.29, 1.82) is 0 Å². The molecule has 1 atom stereocenters. The molecule has 3 rings (SSSR count). The van der Waals surface area contributed by atoms with E-state index in [-0.39, 0.29) is 11.9 Å². The number of hydrogen-bond acceptors (Lipinski definition) is 4. The summed E-state index contributed by atoms with van der Waals surface area (Å²) in [7, 11) is 0. The van der Waals surface area contributed by atoms with Gasteiger partial charge >= 0.3 is 12.1 Å². The summed E-state index contributed by atoms with van der Waals surface area (Å²) in [6.45, 7) is 1.85. The molecule has 1 aromatic carbocycles. The molecule has 26 heavy (non-hydrogen) atoms. The topological polar surface area (TPSA) is 132 Å². The first-order chi connectivity index (χ1) is 12.4. The number of pyridine rings is 1. The van der Waals surface area contributed by atoms with Gasteiger partial charge in [0.2, 0.25) is 0 Å². The molecule has 0 radical (unpaired) electrons. The number of hydrogen-bond donors (Lipinski definition) is 5. The number of carbonyl (C=O) groups is 2. The van der Waals surface area contributed by atoms with Crippen LogP contribution >= 0.6 is 11.6 Å². The van der Waals surface area contributed by atoms with Crippen molar-refractivity contribution in [2.75, 3.05) is 10.6 Å². The molecule has 0 aliphatic rings. The predicted molar refractivity (Wildman–Crippen MR) is 97.6 cm³/mol. The zero-order valence-electron chi connectivity index (χ0n) is 13.6. The lowest BCUT2D eigenvalue weighted by atomic mass is 10.1. The molecule has 0 saturated carbocycles. The Kier molecular flexibility index (Phi) is 4.90. The van der Waals surface area contributed by atoms with E-state index in [0.717, 1.165) is 5.56 Å². The van der Waals surface area contributed by atoms with Gasteiger partial charge in [-0.3, -0.25) is 15.7 Å². The number of carbonyl (C=O) groups excluding carboxylic acids is 1. The van der Waals surface area contributed by atoms with Crippen molar-refractivity contribution in [3.63, 3.8) is 0 Å². The van der Waals surface area contributed by atoms with Crippen LogP contribution in [0.4, 0.5) is 21.2 Å². The molecule has 0 aliphatic heterocycles. The third-order valence-electron chi connectivity index (χ3n) is 3.63. The van der Waals surface area contributed by atoms with E-state index in [1.54, 1.807) is 18.2 Å². The summed E-state index contributed by atoms with van der Waals surface area (Å²) in [5.74, 6) is 0.441. The minimum absolute atomic E-state index is 0.146. The predicted octanol–water partition coefficient (Wildman–Crippen LogP) is 3.58. The highest BCUT2D eigenvalue weighted by Gasteiger charge is 2.12. The van der Waals surface area contributed by atoms with Crippen molar-refractivity contribution in [3.05, 3.63) is 47.1 Å². The van der Waals surface area contributed by atoms with Crippen LogP contribution in [-0.4, -0.2) is 32.4 Å². The van der Waals surface area contributed by atoms with Gasteiger partial charge in [-0.2, -0.15) is 5.10 Å². The molecule has 3 amide bonds. The fraction of sp³-hybridized carbons (Fsp3) is 0.125. The molecule has 9 nitrogen and oxygen atoms in total. The van der Waals surface area contributed by atoms with E-state index in [1.807, 2.05) is 19.1 Å². The summed E-state index contributed by atoms with van der Waals surface area (Å²) in [6.07, 6.45) is 0.193. The zero-order chi connectivity index (χ0) is 18.7. The summed E-state index contributed by atoms with van der Waals surface area (Å²) in [4.78, 5) is 26.9. The maximum Gasteiger partial charge on any atom is 0.410 e. The quantitative estimate of drug-likeness (QED) is 0.476. The van der Waals surface area contributed by atoms with Crippen LogP contribution in [0.1, 0.15) is 18.5 Å². The number of amides is 3. The first kappa shape index (κ1) is 17.5. The van der Waals surface area contributed by atoms with Gasteiger partial charge in [0, 0.05) is 17.3 Å². The van der Waals surface area contributed by atoms with Gasteiger partial charge in [-0.1, -0.05) is 23.7 Å². The van der Waals surface area contributed by atoms with Crippen LogP contribution in [-0.2, 0) is 0 Å². The molecule has 2 aromatic heterocycles. The van der Waals surface area contributed by atoms with Gasteiger partial charge in [0.05, 0.1) is 16.9 Å². The van der Waals surface area contributed by atoms with E-state index in [4.69, 9.17) is 16.7 Å². The highest BCUT2D eigenvalue weighted by Crippen LogP contribution is 2.22. The number of anilines is 2. The summed E-state index contributed by atoms with van der Waals surface area (Å²) < 4.78 is 0. The van der Waals surface area contributed by atoms with Crippen LogP contribution in [0, 0.1) is 0 Å². The van der Waals surface area contributed by atoms with Gasteiger partial charge in [0.1, 0.15) is 5.82 Å². The van der Waals surface area contributed by atoms with Crippen LogP contribution in [0.3, 0.4) is 0 Å². The van der Waals surface area contributed by atoms with Crippen LogP contribution in [0.25, 0.3) is 10.9 Å². The molecule has 2 heterocycles. The van der Waals surface area contributed by atoms with E-state index < -0.39 is 12.1 Å². The minimum Gasteiger partial charge on any atom is -0.465 e. The van der Waals surface area contributed by atoms with E-state index in [9.17, 15) is 9.59 Å².